The number of likely N-dealkylation sites (tertiary alicyclic amines) is 1. The van der Waals surface area contributed by atoms with Gasteiger partial charge < -0.3 is 9.64 Å². The van der Waals surface area contributed by atoms with E-state index >= 15 is 0 Å². The first-order chi connectivity index (χ1) is 9.49. The summed E-state index contributed by atoms with van der Waals surface area (Å²) >= 11 is 3.13. The number of ketones is 1. The molecule has 2 rings (SSSR count). The van der Waals surface area contributed by atoms with Gasteiger partial charge in [-0.15, -0.1) is 0 Å². The van der Waals surface area contributed by atoms with E-state index in [1.54, 1.807) is 4.90 Å². The summed E-state index contributed by atoms with van der Waals surface area (Å²) in [5.41, 5.74) is 0.131. The molecule has 1 aliphatic rings. The van der Waals surface area contributed by atoms with Crippen LogP contribution >= 0.6 is 15.9 Å². The Balaban J connectivity index is 2.12. The summed E-state index contributed by atoms with van der Waals surface area (Å²) in [6, 6.07) is 2.70. The molecule has 4 nitrogen and oxygen atoms in total. The molecular formula is C14H15BrFNO3. The van der Waals surface area contributed by atoms with Crippen molar-refractivity contribution in [1.29, 1.82) is 0 Å². The molecule has 0 spiro atoms. The summed E-state index contributed by atoms with van der Waals surface area (Å²) in [5, 5.41) is 0. The van der Waals surface area contributed by atoms with Gasteiger partial charge in [0.1, 0.15) is 0 Å². The summed E-state index contributed by atoms with van der Waals surface area (Å²) in [7, 11) is 0. The summed E-state index contributed by atoms with van der Waals surface area (Å²) < 4.78 is 19.6. The Morgan fingerprint density at radius 2 is 2.00 bits per heavy atom. The average molecular weight is 344 g/mol. The molecule has 1 saturated heterocycles. The third-order valence-corrected chi connectivity index (χ3v) is 3.64. The highest BCUT2D eigenvalue weighted by molar-refractivity contribution is 9.10. The minimum Gasteiger partial charge on any atom is -0.480 e. The minimum atomic E-state index is -0.654. The van der Waals surface area contributed by atoms with Gasteiger partial charge >= 0.3 is 0 Å². The maximum atomic E-state index is 13.9. The standard InChI is InChI=1S/C14H15BrFNO3/c1-9(18)11-6-10(15)7-12(16)14(11)20-8-13(19)17-4-2-3-5-17/h6-7H,2-5,8H2,1H3. The van der Waals surface area contributed by atoms with Gasteiger partial charge in [0.2, 0.25) is 0 Å². The lowest BCUT2D eigenvalue weighted by Gasteiger charge is -2.16. The molecule has 108 valence electrons. The van der Waals surface area contributed by atoms with Crippen molar-refractivity contribution in [3.05, 3.63) is 28.0 Å². The lowest BCUT2D eigenvalue weighted by Crippen LogP contribution is -2.32. The van der Waals surface area contributed by atoms with Gasteiger partial charge in [0.05, 0.1) is 5.56 Å². The van der Waals surface area contributed by atoms with Crippen LogP contribution in [-0.4, -0.2) is 36.3 Å². The van der Waals surface area contributed by atoms with Crippen molar-refractivity contribution in [3.63, 3.8) is 0 Å². The zero-order valence-electron chi connectivity index (χ0n) is 11.1. The van der Waals surface area contributed by atoms with Crippen molar-refractivity contribution >= 4 is 27.6 Å². The van der Waals surface area contributed by atoms with E-state index in [1.807, 2.05) is 0 Å². The van der Waals surface area contributed by atoms with Gasteiger partial charge in [0.15, 0.2) is 24.0 Å². The maximum absolute atomic E-state index is 13.9. The Labute approximate surface area is 125 Å². The van der Waals surface area contributed by atoms with E-state index in [0.717, 1.165) is 12.8 Å². The van der Waals surface area contributed by atoms with E-state index in [2.05, 4.69) is 15.9 Å². The Morgan fingerprint density at radius 3 is 2.60 bits per heavy atom. The molecule has 1 heterocycles. The van der Waals surface area contributed by atoms with Crippen LogP contribution in [0.2, 0.25) is 0 Å². The Kier molecular flexibility index (Phi) is 4.75. The zero-order chi connectivity index (χ0) is 14.7. The molecule has 0 unspecified atom stereocenters. The van der Waals surface area contributed by atoms with Crippen molar-refractivity contribution in [1.82, 2.24) is 4.90 Å². The first kappa shape index (κ1) is 15.0. The van der Waals surface area contributed by atoms with E-state index in [-0.39, 0.29) is 29.6 Å². The third-order valence-electron chi connectivity index (χ3n) is 3.19. The van der Waals surface area contributed by atoms with E-state index in [9.17, 15) is 14.0 Å². The number of ether oxygens (including phenoxy) is 1. The van der Waals surface area contributed by atoms with Crippen LogP contribution < -0.4 is 4.74 Å². The van der Waals surface area contributed by atoms with E-state index in [0.29, 0.717) is 17.6 Å². The number of carbonyl (C=O) groups is 2. The smallest absolute Gasteiger partial charge is 0.260 e. The quantitative estimate of drug-likeness (QED) is 0.789. The van der Waals surface area contributed by atoms with Gasteiger partial charge in [-0.05, 0) is 31.9 Å². The van der Waals surface area contributed by atoms with Crippen molar-refractivity contribution in [2.75, 3.05) is 19.7 Å². The number of rotatable bonds is 4. The van der Waals surface area contributed by atoms with Crippen LogP contribution in [0.3, 0.4) is 0 Å². The lowest BCUT2D eigenvalue weighted by molar-refractivity contribution is -0.132. The van der Waals surface area contributed by atoms with Crippen molar-refractivity contribution in [2.45, 2.75) is 19.8 Å². The Morgan fingerprint density at radius 1 is 1.35 bits per heavy atom. The van der Waals surface area contributed by atoms with Crippen LogP contribution in [-0.2, 0) is 4.79 Å². The number of Topliss-reactive ketones (excluding diaryl/α,β-unsaturated/α-hetero) is 1. The molecule has 1 aromatic carbocycles. The van der Waals surface area contributed by atoms with E-state index in [4.69, 9.17) is 4.74 Å². The van der Waals surface area contributed by atoms with Crippen LogP contribution in [0.15, 0.2) is 16.6 Å². The summed E-state index contributed by atoms with van der Waals surface area (Å²) in [5.74, 6) is -1.31. The number of halogens is 2. The van der Waals surface area contributed by atoms with Crippen LogP contribution in [0.1, 0.15) is 30.1 Å². The second kappa shape index (κ2) is 6.35. The first-order valence-corrected chi connectivity index (χ1v) is 7.19. The van der Waals surface area contributed by atoms with Gasteiger partial charge in [-0.25, -0.2) is 4.39 Å². The topological polar surface area (TPSA) is 46.6 Å². The predicted molar refractivity (Wildman–Crippen MR) is 75.4 cm³/mol. The molecule has 0 aromatic heterocycles. The van der Waals surface area contributed by atoms with E-state index in [1.165, 1.54) is 19.1 Å². The van der Waals surface area contributed by atoms with Gasteiger partial charge in [0.25, 0.3) is 5.91 Å². The second-order valence-electron chi connectivity index (χ2n) is 4.70. The molecule has 0 atom stereocenters. The van der Waals surface area contributed by atoms with Crippen molar-refractivity contribution in [2.24, 2.45) is 0 Å². The Hall–Kier alpha value is -1.43. The normalized spacial score (nSPS) is 14.4. The molecule has 0 N–H and O–H groups in total. The molecule has 0 bridgehead atoms. The molecule has 1 fully saturated rings. The predicted octanol–water partition coefficient (Wildman–Crippen LogP) is 2.79. The van der Waals surface area contributed by atoms with Gasteiger partial charge in [-0.2, -0.15) is 0 Å². The van der Waals surface area contributed by atoms with Crippen molar-refractivity contribution in [3.8, 4) is 5.75 Å². The zero-order valence-corrected chi connectivity index (χ0v) is 12.7. The molecule has 0 saturated carbocycles. The molecule has 0 aliphatic carbocycles. The fourth-order valence-electron chi connectivity index (χ4n) is 2.16. The number of hydrogen-bond donors (Lipinski definition) is 0. The highest BCUT2D eigenvalue weighted by Gasteiger charge is 2.21. The number of amides is 1. The largest absolute Gasteiger partial charge is 0.480 e. The molecule has 0 radical (unpaired) electrons. The monoisotopic (exact) mass is 343 g/mol. The molecule has 20 heavy (non-hydrogen) atoms. The fourth-order valence-corrected chi connectivity index (χ4v) is 2.59. The van der Waals surface area contributed by atoms with Crippen molar-refractivity contribution < 1.29 is 18.7 Å². The molecule has 1 aromatic rings. The summed E-state index contributed by atoms with van der Waals surface area (Å²) in [6.45, 7) is 2.50. The molecule has 1 amide bonds. The lowest BCUT2D eigenvalue weighted by atomic mass is 10.1. The molecule has 6 heteroatoms. The summed E-state index contributed by atoms with van der Waals surface area (Å²) in [4.78, 5) is 25.1. The average Bonchev–Trinajstić information content (AvgIpc) is 2.90. The van der Waals surface area contributed by atoms with Crippen LogP contribution in [0, 0.1) is 5.82 Å². The first-order valence-electron chi connectivity index (χ1n) is 6.39. The number of benzene rings is 1. The third kappa shape index (κ3) is 3.36. The van der Waals surface area contributed by atoms with E-state index < -0.39 is 5.82 Å². The van der Waals surface area contributed by atoms with Crippen LogP contribution in [0.4, 0.5) is 4.39 Å². The molecule has 1 aliphatic heterocycles. The van der Waals surface area contributed by atoms with Crippen LogP contribution in [0.25, 0.3) is 0 Å². The summed E-state index contributed by atoms with van der Waals surface area (Å²) in [6.07, 6.45) is 1.97. The highest BCUT2D eigenvalue weighted by Crippen LogP contribution is 2.28. The molecular weight excluding hydrogens is 329 g/mol. The number of carbonyl (C=O) groups excluding carboxylic acids is 2. The van der Waals surface area contributed by atoms with Gasteiger partial charge in [-0.3, -0.25) is 9.59 Å². The maximum Gasteiger partial charge on any atom is 0.260 e. The van der Waals surface area contributed by atoms with Gasteiger partial charge in [-0.1, -0.05) is 15.9 Å². The SMILES string of the molecule is CC(=O)c1cc(Br)cc(F)c1OCC(=O)N1CCCC1. The number of hydrogen-bond acceptors (Lipinski definition) is 3. The van der Waals surface area contributed by atoms with Crippen LogP contribution in [0.5, 0.6) is 5.75 Å². The van der Waals surface area contributed by atoms with Gasteiger partial charge in [0, 0.05) is 17.6 Å². The minimum absolute atomic E-state index is 0.131. The Bertz CT molecular complexity index is 541. The fraction of sp³-hybridized carbons (Fsp3) is 0.429. The number of nitrogens with zero attached hydrogens (tertiary/aromatic N) is 1. The highest BCUT2D eigenvalue weighted by atomic mass is 79.9. The second-order valence-corrected chi connectivity index (χ2v) is 5.61.